The highest BCUT2D eigenvalue weighted by Gasteiger charge is 2.24. The number of amides is 1. The summed E-state index contributed by atoms with van der Waals surface area (Å²) in [7, 11) is 1.65. The summed E-state index contributed by atoms with van der Waals surface area (Å²) in [5.74, 6) is 6.82. The first kappa shape index (κ1) is 17.3. The van der Waals surface area contributed by atoms with Crippen molar-refractivity contribution in [1.29, 1.82) is 0 Å². The average Bonchev–Trinajstić information content (AvgIpc) is 2.43. The highest BCUT2D eigenvalue weighted by atomic mass is 16.1. The maximum Gasteiger partial charge on any atom is 0.220 e. The zero-order valence-electron chi connectivity index (χ0n) is 13.9. The van der Waals surface area contributed by atoms with Crippen molar-refractivity contribution in [3.05, 3.63) is 35.4 Å². The summed E-state index contributed by atoms with van der Waals surface area (Å²) in [6.45, 7) is 9.08. The third-order valence-electron chi connectivity index (χ3n) is 3.73. The van der Waals surface area contributed by atoms with Gasteiger partial charge in [0.05, 0.1) is 0 Å². The van der Waals surface area contributed by atoms with Gasteiger partial charge in [0.15, 0.2) is 0 Å². The zero-order chi connectivity index (χ0) is 15.9. The Balaban J connectivity index is 2.81. The first-order valence-corrected chi connectivity index (χ1v) is 7.68. The summed E-state index contributed by atoms with van der Waals surface area (Å²) in [5.41, 5.74) is 2.63. The van der Waals surface area contributed by atoms with Gasteiger partial charge < -0.3 is 5.32 Å². The van der Waals surface area contributed by atoms with Gasteiger partial charge in [0, 0.05) is 25.5 Å². The van der Waals surface area contributed by atoms with Gasteiger partial charge in [-0.05, 0) is 35.4 Å². The molecule has 2 heteroatoms. The van der Waals surface area contributed by atoms with Crippen molar-refractivity contribution in [2.24, 2.45) is 5.41 Å². The summed E-state index contributed by atoms with van der Waals surface area (Å²) in [6.07, 6.45) is 2.18. The molecule has 0 saturated heterocycles. The summed E-state index contributed by atoms with van der Waals surface area (Å²) in [5, 5.41) is 2.61. The van der Waals surface area contributed by atoms with E-state index in [1.807, 2.05) is 6.07 Å². The smallest absolute Gasteiger partial charge is 0.220 e. The summed E-state index contributed by atoms with van der Waals surface area (Å²) < 4.78 is 0. The SMILES string of the molecule is CCC(c1cccc(C#CCCC(=O)NC)c1)C(C)(C)C. The lowest BCUT2D eigenvalue weighted by Gasteiger charge is -2.30. The summed E-state index contributed by atoms with van der Waals surface area (Å²) in [4.78, 5) is 11.1. The summed E-state index contributed by atoms with van der Waals surface area (Å²) >= 11 is 0. The number of benzene rings is 1. The normalized spacial score (nSPS) is 12.2. The fourth-order valence-corrected chi connectivity index (χ4v) is 2.65. The quantitative estimate of drug-likeness (QED) is 0.829. The molecule has 1 rings (SSSR count). The van der Waals surface area contributed by atoms with Crippen LogP contribution < -0.4 is 5.32 Å². The Hall–Kier alpha value is -1.75. The van der Waals surface area contributed by atoms with Gasteiger partial charge in [-0.25, -0.2) is 0 Å². The number of carbonyl (C=O) groups is 1. The number of rotatable bonds is 4. The second-order valence-electron chi connectivity index (χ2n) is 6.43. The van der Waals surface area contributed by atoms with Gasteiger partial charge >= 0.3 is 0 Å². The topological polar surface area (TPSA) is 29.1 Å². The van der Waals surface area contributed by atoms with Crippen molar-refractivity contribution in [3.63, 3.8) is 0 Å². The molecule has 1 atom stereocenters. The average molecular weight is 285 g/mol. The van der Waals surface area contributed by atoms with Crippen molar-refractivity contribution in [1.82, 2.24) is 5.32 Å². The van der Waals surface area contributed by atoms with E-state index in [0.717, 1.165) is 12.0 Å². The molecule has 114 valence electrons. The first-order chi connectivity index (χ1) is 9.88. The highest BCUT2D eigenvalue weighted by molar-refractivity contribution is 5.75. The van der Waals surface area contributed by atoms with E-state index in [-0.39, 0.29) is 11.3 Å². The third-order valence-corrected chi connectivity index (χ3v) is 3.73. The van der Waals surface area contributed by atoms with E-state index < -0.39 is 0 Å². The van der Waals surface area contributed by atoms with Crippen LogP contribution in [0.2, 0.25) is 0 Å². The molecule has 0 aliphatic carbocycles. The van der Waals surface area contributed by atoms with Crippen LogP contribution in [-0.2, 0) is 4.79 Å². The fourth-order valence-electron chi connectivity index (χ4n) is 2.65. The van der Waals surface area contributed by atoms with E-state index in [9.17, 15) is 4.79 Å². The van der Waals surface area contributed by atoms with E-state index in [2.05, 4.69) is 63.1 Å². The number of hydrogen-bond donors (Lipinski definition) is 1. The van der Waals surface area contributed by atoms with Crippen LogP contribution in [0.25, 0.3) is 0 Å². The minimum absolute atomic E-state index is 0.0387. The van der Waals surface area contributed by atoms with Crippen LogP contribution in [0.1, 0.15) is 64.0 Å². The van der Waals surface area contributed by atoms with Crippen LogP contribution in [0.3, 0.4) is 0 Å². The maximum absolute atomic E-state index is 11.1. The van der Waals surface area contributed by atoms with Crippen LogP contribution in [0.4, 0.5) is 0 Å². The number of hydrogen-bond acceptors (Lipinski definition) is 1. The first-order valence-electron chi connectivity index (χ1n) is 7.68. The molecule has 1 unspecified atom stereocenters. The molecule has 0 aliphatic heterocycles. The molecular formula is C19H27NO. The molecule has 1 aromatic rings. The molecule has 0 fully saturated rings. The molecule has 0 saturated carbocycles. The Labute approximate surface area is 129 Å². The molecule has 0 spiro atoms. The fraction of sp³-hybridized carbons (Fsp3) is 0.526. The molecule has 0 bridgehead atoms. The van der Waals surface area contributed by atoms with Crippen molar-refractivity contribution < 1.29 is 4.79 Å². The molecule has 21 heavy (non-hydrogen) atoms. The van der Waals surface area contributed by atoms with Crippen LogP contribution >= 0.6 is 0 Å². The highest BCUT2D eigenvalue weighted by Crippen LogP contribution is 2.37. The molecule has 1 N–H and O–H groups in total. The lowest BCUT2D eigenvalue weighted by atomic mass is 9.75. The van der Waals surface area contributed by atoms with Gasteiger partial charge in [-0.1, -0.05) is 51.7 Å². The number of carbonyl (C=O) groups excluding carboxylic acids is 1. The largest absolute Gasteiger partial charge is 0.359 e. The monoisotopic (exact) mass is 285 g/mol. The van der Waals surface area contributed by atoms with Crippen LogP contribution in [0, 0.1) is 17.3 Å². The Morgan fingerprint density at radius 1 is 1.33 bits per heavy atom. The van der Waals surface area contributed by atoms with Gasteiger partial charge in [0.1, 0.15) is 0 Å². The molecular weight excluding hydrogens is 258 g/mol. The Bertz CT molecular complexity index is 528. The van der Waals surface area contributed by atoms with Crippen molar-refractivity contribution in [2.45, 2.75) is 52.9 Å². The molecule has 0 radical (unpaired) electrons. The second kappa shape index (κ2) is 7.88. The van der Waals surface area contributed by atoms with E-state index >= 15 is 0 Å². The van der Waals surface area contributed by atoms with E-state index in [0.29, 0.717) is 18.8 Å². The second-order valence-corrected chi connectivity index (χ2v) is 6.43. The van der Waals surface area contributed by atoms with E-state index in [1.54, 1.807) is 7.05 Å². The predicted octanol–water partition coefficient (Wildman–Crippen LogP) is 4.10. The van der Waals surface area contributed by atoms with Gasteiger partial charge in [0.2, 0.25) is 5.91 Å². The lowest BCUT2D eigenvalue weighted by molar-refractivity contribution is -0.120. The minimum atomic E-state index is 0.0387. The van der Waals surface area contributed by atoms with E-state index in [1.165, 1.54) is 5.56 Å². The zero-order valence-corrected chi connectivity index (χ0v) is 13.9. The van der Waals surface area contributed by atoms with E-state index in [4.69, 9.17) is 0 Å². The van der Waals surface area contributed by atoms with Crippen LogP contribution in [0.15, 0.2) is 24.3 Å². The lowest BCUT2D eigenvalue weighted by Crippen LogP contribution is -2.17. The van der Waals surface area contributed by atoms with Crippen molar-refractivity contribution >= 4 is 5.91 Å². The summed E-state index contributed by atoms with van der Waals surface area (Å²) in [6, 6.07) is 8.49. The van der Waals surface area contributed by atoms with Crippen molar-refractivity contribution in [3.8, 4) is 11.8 Å². The van der Waals surface area contributed by atoms with Gasteiger partial charge in [-0.2, -0.15) is 0 Å². The Kier molecular flexibility index (Phi) is 6.49. The van der Waals surface area contributed by atoms with Gasteiger partial charge in [-0.3, -0.25) is 4.79 Å². The predicted molar refractivity (Wildman–Crippen MR) is 89.1 cm³/mol. The molecule has 0 heterocycles. The minimum Gasteiger partial charge on any atom is -0.359 e. The van der Waals surface area contributed by atoms with Crippen LogP contribution in [0.5, 0.6) is 0 Å². The maximum atomic E-state index is 11.1. The Morgan fingerprint density at radius 3 is 2.62 bits per heavy atom. The third kappa shape index (κ3) is 5.63. The Morgan fingerprint density at radius 2 is 2.05 bits per heavy atom. The number of nitrogens with one attached hydrogen (secondary N) is 1. The molecule has 2 nitrogen and oxygen atoms in total. The molecule has 0 aliphatic rings. The van der Waals surface area contributed by atoms with Crippen LogP contribution in [-0.4, -0.2) is 13.0 Å². The van der Waals surface area contributed by atoms with Gasteiger partial charge in [0.25, 0.3) is 0 Å². The molecule has 1 amide bonds. The van der Waals surface area contributed by atoms with Crippen molar-refractivity contribution in [2.75, 3.05) is 7.05 Å². The molecule has 0 aromatic heterocycles. The standard InChI is InChI=1S/C19H27NO/c1-6-17(19(2,3)4)16-12-9-11-15(14-16)10-7-8-13-18(21)20-5/h9,11-12,14,17H,6,8,13H2,1-5H3,(H,20,21). The van der Waals surface area contributed by atoms with Gasteiger partial charge in [-0.15, -0.1) is 0 Å². The molecule has 1 aromatic carbocycles.